The van der Waals surface area contributed by atoms with Gasteiger partial charge in [0, 0.05) is 0 Å². The second kappa shape index (κ2) is 3.24. The van der Waals surface area contributed by atoms with Gasteiger partial charge in [0.1, 0.15) is 0 Å². The van der Waals surface area contributed by atoms with Gasteiger partial charge in [0.15, 0.2) is 5.69 Å². The molecule has 0 atom stereocenters. The maximum atomic E-state index is 6.90. The van der Waals surface area contributed by atoms with Crippen molar-refractivity contribution in [3.8, 4) is 12.3 Å². The van der Waals surface area contributed by atoms with E-state index >= 15 is 0 Å². The minimum absolute atomic E-state index is 0.484. The highest BCUT2D eigenvalue weighted by molar-refractivity contribution is 5.79. The number of aromatic nitrogens is 2. The van der Waals surface area contributed by atoms with E-state index in [0.29, 0.717) is 12.2 Å². The lowest BCUT2D eigenvalue weighted by Crippen LogP contribution is -1.91. The fourth-order valence-corrected chi connectivity index (χ4v) is 1.34. The molecule has 3 nitrogen and oxygen atoms in total. The summed E-state index contributed by atoms with van der Waals surface area (Å²) in [5.41, 5.74) is 2.39. The first-order valence-electron chi connectivity index (χ1n) is 4.11. The Labute approximate surface area is 81.8 Å². The van der Waals surface area contributed by atoms with Crippen LogP contribution in [0.3, 0.4) is 0 Å². The zero-order chi connectivity index (χ0) is 9.97. The summed E-state index contributed by atoms with van der Waals surface area (Å²) < 4.78 is 1.85. The van der Waals surface area contributed by atoms with Gasteiger partial charge in [0.05, 0.1) is 30.5 Å². The van der Waals surface area contributed by atoms with E-state index < -0.39 is 0 Å². The monoisotopic (exact) mass is 181 g/mol. The fourth-order valence-electron chi connectivity index (χ4n) is 1.34. The van der Waals surface area contributed by atoms with Gasteiger partial charge in [0.25, 0.3) is 0 Å². The molecule has 0 amide bonds. The Kier molecular flexibility index (Phi) is 1.93. The molecule has 0 aliphatic heterocycles. The van der Waals surface area contributed by atoms with Crippen molar-refractivity contribution in [2.75, 3.05) is 0 Å². The Morgan fingerprint density at radius 2 is 2.43 bits per heavy atom. The number of hydrogen-bond donors (Lipinski definition) is 0. The van der Waals surface area contributed by atoms with Crippen molar-refractivity contribution in [3.05, 3.63) is 35.9 Å². The molecule has 1 aromatic heterocycles. The van der Waals surface area contributed by atoms with Crippen LogP contribution < -0.4 is 0 Å². The minimum atomic E-state index is 0.484. The molecule has 0 aliphatic rings. The van der Waals surface area contributed by atoms with Gasteiger partial charge in [-0.05, 0) is 12.1 Å². The van der Waals surface area contributed by atoms with Crippen LogP contribution in [0, 0.1) is 18.9 Å². The van der Waals surface area contributed by atoms with Gasteiger partial charge < -0.3 is 4.57 Å². The van der Waals surface area contributed by atoms with Crippen molar-refractivity contribution in [1.29, 1.82) is 0 Å². The van der Waals surface area contributed by atoms with Gasteiger partial charge in [-0.1, -0.05) is 12.0 Å². The number of terminal acetylenes is 1. The number of hydrogen-bond acceptors (Lipinski definition) is 1. The minimum Gasteiger partial charge on any atom is -0.320 e. The molecule has 0 saturated carbocycles. The first kappa shape index (κ1) is 8.34. The topological polar surface area (TPSA) is 22.2 Å². The summed E-state index contributed by atoms with van der Waals surface area (Å²) in [6.45, 7) is 7.38. The van der Waals surface area contributed by atoms with Crippen LogP contribution in [0.1, 0.15) is 0 Å². The molecule has 0 aliphatic carbocycles. The van der Waals surface area contributed by atoms with E-state index in [2.05, 4.69) is 15.7 Å². The SMILES string of the molecule is [C-]#[N+]c1ccc2ncn(CC#C)c2c1. The lowest BCUT2D eigenvalue weighted by molar-refractivity contribution is 0.871. The molecule has 3 heteroatoms. The molecule has 1 heterocycles. The maximum Gasteiger partial charge on any atom is 0.189 e. The van der Waals surface area contributed by atoms with E-state index in [1.54, 1.807) is 18.5 Å². The molecule has 0 N–H and O–H groups in total. The highest BCUT2D eigenvalue weighted by atomic mass is 15.0. The number of imidazole rings is 1. The molecule has 1 aromatic carbocycles. The van der Waals surface area contributed by atoms with Crippen molar-refractivity contribution in [1.82, 2.24) is 9.55 Å². The van der Waals surface area contributed by atoms with Crippen molar-refractivity contribution >= 4 is 16.7 Å². The van der Waals surface area contributed by atoms with E-state index in [4.69, 9.17) is 13.0 Å². The largest absolute Gasteiger partial charge is 0.320 e. The molecule has 66 valence electrons. The molecule has 0 saturated heterocycles. The summed E-state index contributed by atoms with van der Waals surface area (Å²) in [6, 6.07) is 5.38. The second-order valence-electron chi connectivity index (χ2n) is 2.86. The van der Waals surface area contributed by atoms with E-state index in [0.717, 1.165) is 11.0 Å². The molecule has 0 fully saturated rings. The van der Waals surface area contributed by atoms with E-state index in [-0.39, 0.29) is 0 Å². The third kappa shape index (κ3) is 1.22. The zero-order valence-electron chi connectivity index (χ0n) is 7.44. The van der Waals surface area contributed by atoms with E-state index in [1.807, 2.05) is 10.6 Å². The quantitative estimate of drug-likeness (QED) is 0.488. The van der Waals surface area contributed by atoms with Crippen molar-refractivity contribution < 1.29 is 0 Å². The Bertz CT molecular complexity index is 552. The second-order valence-corrected chi connectivity index (χ2v) is 2.86. The van der Waals surface area contributed by atoms with Gasteiger partial charge in [-0.15, -0.1) is 6.42 Å². The highest BCUT2D eigenvalue weighted by Crippen LogP contribution is 2.20. The summed E-state index contributed by atoms with van der Waals surface area (Å²) in [6.07, 6.45) is 6.91. The predicted octanol–water partition coefficient (Wildman–Crippen LogP) is 2.22. The molecule has 2 rings (SSSR count). The van der Waals surface area contributed by atoms with Crippen LogP contribution in [0.4, 0.5) is 5.69 Å². The van der Waals surface area contributed by atoms with Crippen LogP contribution in [0.15, 0.2) is 24.5 Å². The summed E-state index contributed by atoms with van der Waals surface area (Å²) >= 11 is 0. The summed E-state index contributed by atoms with van der Waals surface area (Å²) in [7, 11) is 0. The van der Waals surface area contributed by atoms with Crippen LogP contribution in [0.25, 0.3) is 15.9 Å². The highest BCUT2D eigenvalue weighted by Gasteiger charge is 2.01. The van der Waals surface area contributed by atoms with Crippen LogP contribution in [-0.2, 0) is 6.54 Å². The number of nitrogens with zero attached hydrogens (tertiary/aromatic N) is 3. The molecule has 0 unspecified atom stereocenters. The van der Waals surface area contributed by atoms with Gasteiger partial charge in [-0.2, -0.15) is 0 Å². The lowest BCUT2D eigenvalue weighted by Gasteiger charge is -1.97. The number of fused-ring (bicyclic) bond motifs is 1. The fraction of sp³-hybridized carbons (Fsp3) is 0.0909. The van der Waals surface area contributed by atoms with Gasteiger partial charge in [-0.25, -0.2) is 9.83 Å². The lowest BCUT2D eigenvalue weighted by atomic mass is 10.3. The van der Waals surface area contributed by atoms with Gasteiger partial charge in [0.2, 0.25) is 0 Å². The number of benzene rings is 1. The van der Waals surface area contributed by atoms with Crippen molar-refractivity contribution in [2.45, 2.75) is 6.54 Å². The first-order valence-corrected chi connectivity index (χ1v) is 4.11. The summed E-state index contributed by atoms with van der Waals surface area (Å²) in [4.78, 5) is 7.54. The molecule has 0 spiro atoms. The van der Waals surface area contributed by atoms with E-state index in [9.17, 15) is 0 Å². The molecule has 14 heavy (non-hydrogen) atoms. The normalized spacial score (nSPS) is 9.57. The standard InChI is InChI=1S/C11H7N3/c1-3-6-14-8-13-10-5-4-9(12-2)7-11(10)14/h1,4-5,7-8H,6H2. The Morgan fingerprint density at radius 3 is 3.14 bits per heavy atom. The Balaban J connectivity index is 2.66. The Hall–Kier alpha value is -2.26. The van der Waals surface area contributed by atoms with Crippen LogP contribution in [0.2, 0.25) is 0 Å². The summed E-state index contributed by atoms with van der Waals surface area (Å²) in [5.74, 6) is 2.55. The first-order chi connectivity index (χ1) is 6.85. The molecular weight excluding hydrogens is 174 g/mol. The van der Waals surface area contributed by atoms with Crippen LogP contribution in [-0.4, -0.2) is 9.55 Å². The molecule has 0 radical (unpaired) electrons. The smallest absolute Gasteiger partial charge is 0.189 e. The summed E-state index contributed by atoms with van der Waals surface area (Å²) in [5, 5.41) is 0. The maximum absolute atomic E-state index is 6.90. The zero-order valence-corrected chi connectivity index (χ0v) is 7.44. The molecular formula is C11H7N3. The average Bonchev–Trinajstić information content (AvgIpc) is 2.61. The molecule has 2 aromatic rings. The third-order valence-electron chi connectivity index (χ3n) is 2.00. The number of rotatable bonds is 1. The van der Waals surface area contributed by atoms with Crippen molar-refractivity contribution in [3.63, 3.8) is 0 Å². The van der Waals surface area contributed by atoms with Crippen LogP contribution in [0.5, 0.6) is 0 Å². The predicted molar refractivity (Wildman–Crippen MR) is 54.8 cm³/mol. The van der Waals surface area contributed by atoms with E-state index in [1.165, 1.54) is 0 Å². The molecule has 0 bridgehead atoms. The van der Waals surface area contributed by atoms with Crippen LogP contribution >= 0.6 is 0 Å². The van der Waals surface area contributed by atoms with Gasteiger partial charge >= 0.3 is 0 Å². The Morgan fingerprint density at radius 1 is 1.57 bits per heavy atom. The van der Waals surface area contributed by atoms with Crippen molar-refractivity contribution in [2.24, 2.45) is 0 Å². The third-order valence-corrected chi connectivity index (χ3v) is 2.00. The van der Waals surface area contributed by atoms with Gasteiger partial charge in [-0.3, -0.25) is 0 Å². The average molecular weight is 181 g/mol.